The molecule has 0 spiro atoms. The van der Waals surface area contributed by atoms with E-state index in [0.29, 0.717) is 17.5 Å². The summed E-state index contributed by atoms with van der Waals surface area (Å²) in [6.45, 7) is 2.00. The summed E-state index contributed by atoms with van der Waals surface area (Å²) in [7, 11) is 1.53. The predicted molar refractivity (Wildman–Crippen MR) is 73.6 cm³/mol. The van der Waals surface area contributed by atoms with Gasteiger partial charge >= 0.3 is 0 Å². The number of halogens is 2. The van der Waals surface area contributed by atoms with E-state index < -0.39 is 17.3 Å². The van der Waals surface area contributed by atoms with Crippen LogP contribution in [0.3, 0.4) is 0 Å². The van der Waals surface area contributed by atoms with Crippen LogP contribution >= 0.6 is 15.9 Å². The third kappa shape index (κ3) is 5.26. The van der Waals surface area contributed by atoms with Crippen molar-refractivity contribution in [2.75, 3.05) is 20.3 Å². The van der Waals surface area contributed by atoms with Crippen molar-refractivity contribution in [1.82, 2.24) is 5.32 Å². The molecule has 0 radical (unpaired) electrons. The SMILES string of the molecule is COCCC(C)(O)CNC(=O)c1cc(Br)ccc1F. The fourth-order valence-electron chi connectivity index (χ4n) is 1.45. The molecule has 0 aliphatic carbocycles. The number of carbonyl (C=O) groups is 1. The maximum Gasteiger partial charge on any atom is 0.254 e. The second-order valence-electron chi connectivity index (χ2n) is 4.55. The van der Waals surface area contributed by atoms with Gasteiger partial charge < -0.3 is 15.2 Å². The zero-order valence-electron chi connectivity index (χ0n) is 10.9. The second kappa shape index (κ2) is 6.98. The van der Waals surface area contributed by atoms with E-state index in [1.807, 2.05) is 0 Å². The van der Waals surface area contributed by atoms with Crippen LogP contribution in [0, 0.1) is 5.82 Å². The maximum atomic E-state index is 13.5. The predicted octanol–water partition coefficient (Wildman–Crippen LogP) is 2.11. The van der Waals surface area contributed by atoms with Gasteiger partial charge in [0.1, 0.15) is 5.82 Å². The lowest BCUT2D eigenvalue weighted by Gasteiger charge is -2.23. The van der Waals surface area contributed by atoms with Crippen molar-refractivity contribution in [2.24, 2.45) is 0 Å². The number of amides is 1. The Morgan fingerprint density at radius 1 is 1.58 bits per heavy atom. The number of carbonyl (C=O) groups excluding carboxylic acids is 1. The highest BCUT2D eigenvalue weighted by atomic mass is 79.9. The normalized spacial score (nSPS) is 13.9. The number of ether oxygens (including phenoxy) is 1. The van der Waals surface area contributed by atoms with E-state index in [2.05, 4.69) is 21.2 Å². The monoisotopic (exact) mass is 333 g/mol. The fraction of sp³-hybridized carbons (Fsp3) is 0.462. The molecule has 0 fully saturated rings. The Labute approximate surface area is 120 Å². The lowest BCUT2D eigenvalue weighted by atomic mass is 10.0. The first-order valence-corrected chi connectivity index (χ1v) is 6.59. The van der Waals surface area contributed by atoms with Gasteiger partial charge in [-0.2, -0.15) is 0 Å². The molecule has 106 valence electrons. The highest BCUT2D eigenvalue weighted by Crippen LogP contribution is 2.16. The van der Waals surface area contributed by atoms with Gasteiger partial charge in [-0.15, -0.1) is 0 Å². The first-order chi connectivity index (χ1) is 8.85. The van der Waals surface area contributed by atoms with Crippen LogP contribution in [0.2, 0.25) is 0 Å². The van der Waals surface area contributed by atoms with Crippen molar-refractivity contribution in [3.8, 4) is 0 Å². The molecule has 1 aromatic rings. The van der Waals surface area contributed by atoms with Crippen LogP contribution in [0.4, 0.5) is 4.39 Å². The zero-order chi connectivity index (χ0) is 14.5. The molecule has 1 unspecified atom stereocenters. The van der Waals surface area contributed by atoms with Gasteiger partial charge in [-0.1, -0.05) is 15.9 Å². The Hall–Kier alpha value is -0.980. The fourth-order valence-corrected chi connectivity index (χ4v) is 1.81. The first-order valence-electron chi connectivity index (χ1n) is 5.80. The second-order valence-corrected chi connectivity index (χ2v) is 5.46. The van der Waals surface area contributed by atoms with Gasteiger partial charge in [0.05, 0.1) is 11.2 Å². The van der Waals surface area contributed by atoms with Gasteiger partial charge in [-0.3, -0.25) is 4.79 Å². The number of benzene rings is 1. The number of hydrogen-bond acceptors (Lipinski definition) is 3. The van der Waals surface area contributed by atoms with Crippen molar-refractivity contribution in [3.05, 3.63) is 34.1 Å². The van der Waals surface area contributed by atoms with E-state index in [0.717, 1.165) is 0 Å². The summed E-state index contributed by atoms with van der Waals surface area (Å²) in [5.74, 6) is -1.16. The third-order valence-electron chi connectivity index (χ3n) is 2.65. The van der Waals surface area contributed by atoms with Crippen LogP contribution in [-0.2, 0) is 4.74 Å². The van der Waals surface area contributed by atoms with E-state index in [9.17, 15) is 14.3 Å². The molecule has 1 amide bonds. The minimum absolute atomic E-state index is 0.0289. The number of aliphatic hydroxyl groups is 1. The number of nitrogens with one attached hydrogen (secondary N) is 1. The van der Waals surface area contributed by atoms with Crippen molar-refractivity contribution in [2.45, 2.75) is 18.9 Å². The quantitative estimate of drug-likeness (QED) is 0.838. The lowest BCUT2D eigenvalue weighted by molar-refractivity contribution is 0.0243. The molecular formula is C13H17BrFNO3. The van der Waals surface area contributed by atoms with E-state index in [-0.39, 0.29) is 12.1 Å². The van der Waals surface area contributed by atoms with Crippen molar-refractivity contribution >= 4 is 21.8 Å². The molecule has 1 aromatic carbocycles. The van der Waals surface area contributed by atoms with Crippen molar-refractivity contribution in [3.63, 3.8) is 0 Å². The van der Waals surface area contributed by atoms with E-state index in [4.69, 9.17) is 4.74 Å². The summed E-state index contributed by atoms with van der Waals surface area (Å²) in [5.41, 5.74) is -1.15. The van der Waals surface area contributed by atoms with Gasteiger partial charge in [0.2, 0.25) is 0 Å². The third-order valence-corrected chi connectivity index (χ3v) is 3.14. The molecule has 1 rings (SSSR count). The summed E-state index contributed by atoms with van der Waals surface area (Å²) in [6.07, 6.45) is 0.380. The molecule has 0 heterocycles. The Kier molecular flexibility index (Phi) is 5.90. The van der Waals surface area contributed by atoms with Gasteiger partial charge in [-0.25, -0.2) is 4.39 Å². The molecule has 0 saturated heterocycles. The zero-order valence-corrected chi connectivity index (χ0v) is 12.5. The summed E-state index contributed by atoms with van der Waals surface area (Å²) < 4.78 is 19.0. The van der Waals surface area contributed by atoms with E-state index in [1.54, 1.807) is 6.92 Å². The lowest BCUT2D eigenvalue weighted by Crippen LogP contribution is -2.41. The molecule has 0 aliphatic rings. The molecule has 0 aliphatic heterocycles. The number of methoxy groups -OCH3 is 1. The maximum absolute atomic E-state index is 13.5. The van der Waals surface area contributed by atoms with Crippen molar-refractivity contribution < 1.29 is 19.0 Å². The van der Waals surface area contributed by atoms with Gasteiger partial charge in [-0.05, 0) is 25.1 Å². The Balaban J connectivity index is 2.62. The minimum atomic E-state index is -1.09. The van der Waals surface area contributed by atoms with Crippen LogP contribution in [0.15, 0.2) is 22.7 Å². The van der Waals surface area contributed by atoms with E-state index in [1.165, 1.54) is 25.3 Å². The highest BCUT2D eigenvalue weighted by molar-refractivity contribution is 9.10. The van der Waals surface area contributed by atoms with Gasteiger partial charge in [0.15, 0.2) is 0 Å². The molecule has 19 heavy (non-hydrogen) atoms. The van der Waals surface area contributed by atoms with Crippen LogP contribution in [0.1, 0.15) is 23.7 Å². The molecule has 2 N–H and O–H groups in total. The molecule has 0 aromatic heterocycles. The average molecular weight is 334 g/mol. The molecule has 0 saturated carbocycles. The number of hydrogen-bond donors (Lipinski definition) is 2. The standard InChI is InChI=1S/C13H17BrFNO3/c1-13(18,5-6-19-2)8-16-12(17)10-7-9(14)3-4-11(10)15/h3-4,7,18H,5-6,8H2,1-2H3,(H,16,17). The Morgan fingerprint density at radius 3 is 2.89 bits per heavy atom. The molecule has 1 atom stereocenters. The Morgan fingerprint density at radius 2 is 2.26 bits per heavy atom. The van der Waals surface area contributed by atoms with Gasteiger partial charge in [0, 0.05) is 31.2 Å². The Bertz CT molecular complexity index is 452. The summed E-state index contributed by atoms with van der Waals surface area (Å²) in [6, 6.07) is 4.12. The largest absolute Gasteiger partial charge is 0.388 e. The van der Waals surface area contributed by atoms with Crippen molar-refractivity contribution in [1.29, 1.82) is 0 Å². The number of rotatable bonds is 6. The van der Waals surface area contributed by atoms with Gasteiger partial charge in [0.25, 0.3) is 5.91 Å². The summed E-state index contributed by atoms with van der Waals surface area (Å²) >= 11 is 3.18. The van der Waals surface area contributed by atoms with Crippen LogP contribution in [0.5, 0.6) is 0 Å². The van der Waals surface area contributed by atoms with Crippen LogP contribution in [-0.4, -0.2) is 36.9 Å². The molecule has 6 heteroatoms. The first kappa shape index (κ1) is 16.1. The van der Waals surface area contributed by atoms with Crippen LogP contribution < -0.4 is 5.32 Å². The topological polar surface area (TPSA) is 58.6 Å². The average Bonchev–Trinajstić information content (AvgIpc) is 2.36. The van der Waals surface area contributed by atoms with Crippen LogP contribution in [0.25, 0.3) is 0 Å². The minimum Gasteiger partial charge on any atom is -0.388 e. The molecule has 4 nitrogen and oxygen atoms in total. The highest BCUT2D eigenvalue weighted by Gasteiger charge is 2.22. The molecule has 0 bridgehead atoms. The summed E-state index contributed by atoms with van der Waals surface area (Å²) in [5, 5.41) is 12.5. The van der Waals surface area contributed by atoms with E-state index >= 15 is 0 Å². The summed E-state index contributed by atoms with van der Waals surface area (Å²) in [4.78, 5) is 11.8. The smallest absolute Gasteiger partial charge is 0.254 e. The molecular weight excluding hydrogens is 317 g/mol.